The van der Waals surface area contributed by atoms with E-state index in [0.29, 0.717) is 31.9 Å². The first-order valence-corrected chi connectivity index (χ1v) is 5.65. The lowest BCUT2D eigenvalue weighted by Crippen LogP contribution is -2.40. The number of nitrogens with one attached hydrogen (secondary N) is 1. The van der Waals surface area contributed by atoms with Crippen molar-refractivity contribution in [1.82, 2.24) is 14.9 Å². The van der Waals surface area contributed by atoms with Crippen molar-refractivity contribution in [2.24, 2.45) is 0 Å². The van der Waals surface area contributed by atoms with Gasteiger partial charge in [-0.25, -0.2) is 0 Å². The fourth-order valence-corrected chi connectivity index (χ4v) is 2.05. The number of ether oxygens (including phenoxy) is 1. The molecule has 1 aliphatic heterocycles. The van der Waals surface area contributed by atoms with Gasteiger partial charge < -0.3 is 14.6 Å². The third kappa shape index (κ3) is 1.78. The highest BCUT2D eigenvalue weighted by Crippen LogP contribution is 2.17. The molecule has 1 aliphatic rings. The van der Waals surface area contributed by atoms with Crippen LogP contribution in [-0.2, 0) is 4.74 Å². The zero-order valence-electron chi connectivity index (χ0n) is 9.35. The Morgan fingerprint density at radius 1 is 1.41 bits per heavy atom. The van der Waals surface area contributed by atoms with Gasteiger partial charge in [0.1, 0.15) is 5.52 Å². The number of rotatable bonds is 1. The van der Waals surface area contributed by atoms with Crippen LogP contribution in [0.1, 0.15) is 10.4 Å². The first kappa shape index (κ1) is 10.3. The van der Waals surface area contributed by atoms with E-state index in [1.165, 1.54) is 0 Å². The summed E-state index contributed by atoms with van der Waals surface area (Å²) in [5, 5.41) is 0. The highest BCUT2D eigenvalue weighted by Gasteiger charge is 2.21. The van der Waals surface area contributed by atoms with Crippen LogP contribution >= 0.6 is 0 Å². The Balaban J connectivity index is 1.95. The third-order valence-electron chi connectivity index (χ3n) is 2.96. The van der Waals surface area contributed by atoms with Crippen LogP contribution in [-0.4, -0.2) is 47.1 Å². The molecule has 88 valence electrons. The minimum absolute atomic E-state index is 0.0262. The average Bonchev–Trinajstić information content (AvgIpc) is 2.83. The Kier molecular flexibility index (Phi) is 2.53. The summed E-state index contributed by atoms with van der Waals surface area (Å²) in [6.07, 6.45) is 3.43. The number of nitrogens with zero attached hydrogens (tertiary/aromatic N) is 2. The Morgan fingerprint density at radius 3 is 3.06 bits per heavy atom. The van der Waals surface area contributed by atoms with E-state index < -0.39 is 0 Å². The van der Waals surface area contributed by atoms with E-state index in [4.69, 9.17) is 4.74 Å². The van der Waals surface area contributed by atoms with E-state index in [2.05, 4.69) is 9.97 Å². The second-order valence-electron chi connectivity index (χ2n) is 4.01. The number of hydrogen-bond acceptors (Lipinski definition) is 3. The average molecular weight is 231 g/mol. The van der Waals surface area contributed by atoms with Gasteiger partial charge in [0.15, 0.2) is 0 Å². The number of hydrogen-bond donors (Lipinski definition) is 1. The molecule has 3 rings (SSSR count). The SMILES string of the molecule is O=C(c1c[nH]c2cccnc12)N1CCOCC1. The summed E-state index contributed by atoms with van der Waals surface area (Å²) in [6, 6.07) is 3.76. The van der Waals surface area contributed by atoms with Crippen molar-refractivity contribution in [3.8, 4) is 0 Å². The van der Waals surface area contributed by atoms with Gasteiger partial charge in [0.25, 0.3) is 5.91 Å². The van der Waals surface area contributed by atoms with Gasteiger partial charge in [-0.05, 0) is 12.1 Å². The summed E-state index contributed by atoms with van der Waals surface area (Å²) in [7, 11) is 0. The number of carbonyl (C=O) groups excluding carboxylic acids is 1. The first-order valence-electron chi connectivity index (χ1n) is 5.65. The molecule has 0 unspecified atom stereocenters. The summed E-state index contributed by atoms with van der Waals surface area (Å²) in [4.78, 5) is 21.4. The van der Waals surface area contributed by atoms with Crippen LogP contribution in [0.3, 0.4) is 0 Å². The minimum atomic E-state index is 0.0262. The highest BCUT2D eigenvalue weighted by molar-refractivity contribution is 6.05. The van der Waals surface area contributed by atoms with Crippen molar-refractivity contribution < 1.29 is 9.53 Å². The van der Waals surface area contributed by atoms with Crippen LogP contribution in [0, 0.1) is 0 Å². The molecule has 0 atom stereocenters. The zero-order chi connectivity index (χ0) is 11.7. The van der Waals surface area contributed by atoms with Crippen molar-refractivity contribution in [1.29, 1.82) is 0 Å². The van der Waals surface area contributed by atoms with Gasteiger partial charge in [-0.3, -0.25) is 9.78 Å². The molecule has 5 nitrogen and oxygen atoms in total. The monoisotopic (exact) mass is 231 g/mol. The van der Waals surface area contributed by atoms with Crippen LogP contribution in [0.15, 0.2) is 24.5 Å². The first-order chi connectivity index (χ1) is 8.36. The van der Waals surface area contributed by atoms with Gasteiger partial charge in [-0.2, -0.15) is 0 Å². The van der Waals surface area contributed by atoms with Crippen LogP contribution < -0.4 is 0 Å². The molecule has 0 bridgehead atoms. The van der Waals surface area contributed by atoms with Crippen LogP contribution in [0.25, 0.3) is 11.0 Å². The number of H-pyrrole nitrogens is 1. The molecule has 17 heavy (non-hydrogen) atoms. The van der Waals surface area contributed by atoms with Gasteiger partial charge in [-0.15, -0.1) is 0 Å². The maximum absolute atomic E-state index is 12.3. The van der Waals surface area contributed by atoms with Gasteiger partial charge in [0.2, 0.25) is 0 Å². The number of fused-ring (bicyclic) bond motifs is 1. The van der Waals surface area contributed by atoms with Crippen molar-refractivity contribution >= 4 is 16.9 Å². The Morgan fingerprint density at radius 2 is 2.24 bits per heavy atom. The van der Waals surface area contributed by atoms with Gasteiger partial charge in [0, 0.05) is 25.5 Å². The second kappa shape index (κ2) is 4.18. The van der Waals surface area contributed by atoms with Crippen LogP contribution in [0.5, 0.6) is 0 Å². The van der Waals surface area contributed by atoms with Gasteiger partial charge in [0.05, 0.1) is 24.3 Å². The molecule has 3 heterocycles. The Bertz CT molecular complexity index is 543. The summed E-state index contributed by atoms with van der Waals surface area (Å²) in [5.74, 6) is 0.0262. The third-order valence-corrected chi connectivity index (χ3v) is 2.96. The molecular formula is C12H13N3O2. The van der Waals surface area contributed by atoms with Crippen molar-refractivity contribution in [2.75, 3.05) is 26.3 Å². The predicted octanol–water partition coefficient (Wildman–Crippen LogP) is 1.04. The van der Waals surface area contributed by atoms with Crippen molar-refractivity contribution in [3.63, 3.8) is 0 Å². The molecule has 5 heteroatoms. The maximum atomic E-state index is 12.3. The lowest BCUT2D eigenvalue weighted by atomic mass is 10.2. The number of amides is 1. The van der Waals surface area contributed by atoms with Crippen molar-refractivity contribution in [2.45, 2.75) is 0 Å². The molecule has 1 fully saturated rings. The van der Waals surface area contributed by atoms with E-state index in [1.54, 1.807) is 17.3 Å². The molecule has 2 aromatic heterocycles. The van der Waals surface area contributed by atoms with E-state index in [9.17, 15) is 4.79 Å². The molecule has 1 amide bonds. The number of carbonyl (C=O) groups is 1. The number of aromatic amines is 1. The molecular weight excluding hydrogens is 218 g/mol. The molecule has 2 aromatic rings. The molecule has 1 saturated heterocycles. The fourth-order valence-electron chi connectivity index (χ4n) is 2.05. The lowest BCUT2D eigenvalue weighted by Gasteiger charge is -2.26. The molecule has 0 aliphatic carbocycles. The number of pyridine rings is 1. The largest absolute Gasteiger partial charge is 0.378 e. The van der Waals surface area contributed by atoms with Gasteiger partial charge in [-0.1, -0.05) is 0 Å². The summed E-state index contributed by atoms with van der Waals surface area (Å²) in [5.41, 5.74) is 2.27. The van der Waals surface area contributed by atoms with E-state index in [-0.39, 0.29) is 5.91 Å². The summed E-state index contributed by atoms with van der Waals surface area (Å²) >= 11 is 0. The fraction of sp³-hybridized carbons (Fsp3) is 0.333. The molecule has 0 aromatic carbocycles. The maximum Gasteiger partial charge on any atom is 0.257 e. The summed E-state index contributed by atoms with van der Waals surface area (Å²) < 4.78 is 5.24. The molecule has 0 spiro atoms. The smallest absolute Gasteiger partial charge is 0.257 e. The molecule has 0 saturated carbocycles. The van der Waals surface area contributed by atoms with Crippen LogP contribution in [0.2, 0.25) is 0 Å². The van der Waals surface area contributed by atoms with E-state index in [0.717, 1.165) is 11.0 Å². The van der Waals surface area contributed by atoms with Crippen molar-refractivity contribution in [3.05, 3.63) is 30.1 Å². The summed E-state index contributed by atoms with van der Waals surface area (Å²) in [6.45, 7) is 2.53. The van der Waals surface area contributed by atoms with Gasteiger partial charge >= 0.3 is 0 Å². The number of aromatic nitrogens is 2. The Hall–Kier alpha value is -1.88. The highest BCUT2D eigenvalue weighted by atomic mass is 16.5. The normalized spacial score (nSPS) is 16.4. The topological polar surface area (TPSA) is 58.2 Å². The second-order valence-corrected chi connectivity index (χ2v) is 4.01. The van der Waals surface area contributed by atoms with E-state index in [1.807, 2.05) is 12.1 Å². The predicted molar refractivity (Wildman–Crippen MR) is 62.8 cm³/mol. The minimum Gasteiger partial charge on any atom is -0.378 e. The Labute approximate surface area is 98.4 Å². The molecule has 0 radical (unpaired) electrons. The van der Waals surface area contributed by atoms with Crippen LogP contribution in [0.4, 0.5) is 0 Å². The quantitative estimate of drug-likeness (QED) is 0.797. The van der Waals surface area contributed by atoms with E-state index >= 15 is 0 Å². The molecule has 1 N–H and O–H groups in total. The zero-order valence-corrected chi connectivity index (χ0v) is 9.35. The lowest BCUT2D eigenvalue weighted by molar-refractivity contribution is 0.0304. The number of morpholine rings is 1. The standard InChI is InChI=1S/C12H13N3O2/c16-12(15-4-6-17-7-5-15)9-8-14-10-2-1-3-13-11(9)10/h1-3,8,14H,4-7H2.